The third-order valence-corrected chi connectivity index (χ3v) is 3.21. The van der Waals surface area contributed by atoms with Gasteiger partial charge in [-0.25, -0.2) is 9.78 Å². The van der Waals surface area contributed by atoms with E-state index in [-0.39, 0.29) is 19.0 Å². The number of carboxylic acids is 1. The van der Waals surface area contributed by atoms with Crippen molar-refractivity contribution in [3.8, 4) is 5.69 Å². The van der Waals surface area contributed by atoms with Crippen LogP contribution in [0.1, 0.15) is 12.0 Å². The van der Waals surface area contributed by atoms with Gasteiger partial charge in [-0.15, -0.1) is 0 Å². The molecule has 0 radical (unpaired) electrons. The van der Waals surface area contributed by atoms with Crippen molar-refractivity contribution < 1.29 is 14.7 Å². The number of hydrogen-bond acceptors (Lipinski definition) is 3. The van der Waals surface area contributed by atoms with E-state index in [0.29, 0.717) is 6.54 Å². The number of aliphatic carboxylic acids is 1. The van der Waals surface area contributed by atoms with Crippen LogP contribution >= 0.6 is 0 Å². The number of amides is 2. The van der Waals surface area contributed by atoms with Gasteiger partial charge in [0.2, 0.25) is 0 Å². The average molecular weight is 302 g/mol. The molecule has 22 heavy (non-hydrogen) atoms. The Bertz CT molecular complexity index is 640. The van der Waals surface area contributed by atoms with Crippen molar-refractivity contribution in [2.75, 3.05) is 13.6 Å². The molecule has 0 fully saturated rings. The van der Waals surface area contributed by atoms with Gasteiger partial charge in [-0.2, -0.15) is 0 Å². The molecule has 0 aliphatic carbocycles. The van der Waals surface area contributed by atoms with Gasteiger partial charge < -0.3 is 19.9 Å². The summed E-state index contributed by atoms with van der Waals surface area (Å²) in [5.74, 6) is -0.926. The highest BCUT2D eigenvalue weighted by Gasteiger charge is 2.11. The number of nitrogens with one attached hydrogen (secondary N) is 1. The predicted molar refractivity (Wildman–Crippen MR) is 80.7 cm³/mol. The first-order valence-corrected chi connectivity index (χ1v) is 6.85. The smallest absolute Gasteiger partial charge is 0.317 e. The lowest BCUT2D eigenvalue weighted by Gasteiger charge is -2.18. The number of carbonyl (C=O) groups excluding carboxylic acids is 1. The van der Waals surface area contributed by atoms with Crippen LogP contribution in [0.3, 0.4) is 0 Å². The Balaban J connectivity index is 1.97. The molecule has 2 amide bonds. The monoisotopic (exact) mass is 302 g/mol. The van der Waals surface area contributed by atoms with Crippen molar-refractivity contribution in [2.24, 2.45) is 0 Å². The second kappa shape index (κ2) is 7.26. The Kier molecular flexibility index (Phi) is 5.13. The lowest BCUT2D eigenvalue weighted by atomic mass is 10.1. The summed E-state index contributed by atoms with van der Waals surface area (Å²) in [4.78, 5) is 27.8. The normalized spacial score (nSPS) is 10.2. The van der Waals surface area contributed by atoms with E-state index in [2.05, 4.69) is 10.3 Å². The fourth-order valence-electron chi connectivity index (χ4n) is 1.98. The fraction of sp³-hybridized carbons (Fsp3) is 0.267. The number of nitrogens with zero attached hydrogens (tertiary/aromatic N) is 3. The zero-order valence-corrected chi connectivity index (χ0v) is 12.3. The summed E-state index contributed by atoms with van der Waals surface area (Å²) in [6.07, 6.45) is 5.14. The number of hydrogen-bond donors (Lipinski definition) is 2. The number of imidazole rings is 1. The van der Waals surface area contributed by atoms with Crippen molar-refractivity contribution in [1.29, 1.82) is 0 Å². The summed E-state index contributed by atoms with van der Waals surface area (Å²) < 4.78 is 1.87. The molecule has 0 atom stereocenters. The van der Waals surface area contributed by atoms with Crippen molar-refractivity contribution >= 4 is 12.0 Å². The van der Waals surface area contributed by atoms with Crippen LogP contribution in [-0.2, 0) is 11.3 Å². The molecule has 0 aliphatic heterocycles. The van der Waals surface area contributed by atoms with E-state index in [9.17, 15) is 9.59 Å². The van der Waals surface area contributed by atoms with Crippen LogP contribution in [0, 0.1) is 0 Å². The van der Waals surface area contributed by atoms with Gasteiger partial charge in [0, 0.05) is 32.5 Å². The van der Waals surface area contributed by atoms with Gasteiger partial charge in [0.25, 0.3) is 0 Å². The molecule has 0 unspecified atom stereocenters. The van der Waals surface area contributed by atoms with E-state index in [1.54, 1.807) is 19.6 Å². The van der Waals surface area contributed by atoms with E-state index >= 15 is 0 Å². The van der Waals surface area contributed by atoms with Gasteiger partial charge in [-0.05, 0) is 11.6 Å². The Labute approximate surface area is 128 Å². The number of urea groups is 1. The molecule has 7 nitrogen and oxygen atoms in total. The largest absolute Gasteiger partial charge is 0.481 e. The standard InChI is InChI=1S/C15H18N4O3/c1-18(8-6-14(20)21)15(22)17-10-12-4-2-3-5-13(12)19-9-7-16-11-19/h2-5,7,9,11H,6,8,10H2,1H3,(H,17,22)(H,20,21). The zero-order valence-electron chi connectivity index (χ0n) is 12.3. The Hall–Kier alpha value is -2.83. The average Bonchev–Trinajstić information content (AvgIpc) is 3.04. The summed E-state index contributed by atoms with van der Waals surface area (Å²) in [6.45, 7) is 0.523. The molecule has 0 spiro atoms. The molecule has 1 aromatic heterocycles. The van der Waals surface area contributed by atoms with Crippen LogP contribution < -0.4 is 5.32 Å². The summed E-state index contributed by atoms with van der Waals surface area (Å²) >= 11 is 0. The van der Waals surface area contributed by atoms with Gasteiger partial charge >= 0.3 is 12.0 Å². The number of benzene rings is 1. The molecule has 0 aliphatic rings. The summed E-state index contributed by atoms with van der Waals surface area (Å²) in [6, 6.07) is 7.38. The van der Waals surface area contributed by atoms with Crippen LogP contribution in [-0.4, -0.2) is 45.2 Å². The molecule has 0 saturated heterocycles. The predicted octanol–water partition coefficient (Wildman–Crippen LogP) is 1.49. The van der Waals surface area contributed by atoms with Crippen LogP contribution in [0.25, 0.3) is 5.69 Å². The highest BCUT2D eigenvalue weighted by Crippen LogP contribution is 2.13. The molecule has 116 valence electrons. The van der Waals surface area contributed by atoms with Gasteiger partial charge in [0.05, 0.1) is 18.4 Å². The van der Waals surface area contributed by atoms with Crippen LogP contribution in [0.15, 0.2) is 43.0 Å². The molecule has 7 heteroatoms. The Morgan fingerprint density at radius 1 is 1.36 bits per heavy atom. The van der Waals surface area contributed by atoms with Crippen molar-refractivity contribution in [2.45, 2.75) is 13.0 Å². The van der Waals surface area contributed by atoms with Crippen molar-refractivity contribution in [3.63, 3.8) is 0 Å². The van der Waals surface area contributed by atoms with Gasteiger partial charge in [0.1, 0.15) is 0 Å². The molecule has 1 heterocycles. The fourth-order valence-corrected chi connectivity index (χ4v) is 1.98. The molecule has 2 rings (SSSR count). The van der Waals surface area contributed by atoms with Gasteiger partial charge in [0.15, 0.2) is 0 Å². The summed E-state index contributed by atoms with van der Waals surface area (Å²) in [7, 11) is 1.57. The van der Waals surface area contributed by atoms with Crippen LogP contribution in [0.5, 0.6) is 0 Å². The number of carbonyl (C=O) groups is 2. The van der Waals surface area contributed by atoms with Gasteiger partial charge in [-0.1, -0.05) is 18.2 Å². The number of rotatable bonds is 6. The first kappa shape index (κ1) is 15.6. The summed E-state index contributed by atoms with van der Waals surface area (Å²) in [5.41, 5.74) is 1.88. The maximum Gasteiger partial charge on any atom is 0.317 e. The molecule has 2 aromatic rings. The first-order valence-electron chi connectivity index (χ1n) is 6.85. The molecule has 0 bridgehead atoms. The molecular formula is C15H18N4O3. The molecule has 1 aromatic carbocycles. The zero-order chi connectivity index (χ0) is 15.9. The Morgan fingerprint density at radius 2 is 2.14 bits per heavy atom. The maximum atomic E-state index is 11.9. The highest BCUT2D eigenvalue weighted by molar-refractivity contribution is 5.75. The van der Waals surface area contributed by atoms with Crippen molar-refractivity contribution in [3.05, 3.63) is 48.5 Å². The van der Waals surface area contributed by atoms with E-state index in [1.165, 1.54) is 4.90 Å². The highest BCUT2D eigenvalue weighted by atomic mass is 16.4. The minimum atomic E-state index is -0.926. The molecule has 0 saturated carbocycles. The topological polar surface area (TPSA) is 87.5 Å². The quantitative estimate of drug-likeness (QED) is 0.846. The molecular weight excluding hydrogens is 284 g/mol. The second-order valence-corrected chi connectivity index (χ2v) is 4.82. The van der Waals surface area contributed by atoms with E-state index in [1.807, 2.05) is 35.0 Å². The number of aromatic nitrogens is 2. The number of carboxylic acid groups (broad SMARTS) is 1. The maximum absolute atomic E-state index is 11.9. The Morgan fingerprint density at radius 3 is 2.82 bits per heavy atom. The van der Waals surface area contributed by atoms with Crippen LogP contribution in [0.2, 0.25) is 0 Å². The lowest BCUT2D eigenvalue weighted by Crippen LogP contribution is -2.38. The first-order chi connectivity index (χ1) is 10.6. The minimum absolute atomic E-state index is 0.0739. The number of para-hydroxylation sites is 1. The minimum Gasteiger partial charge on any atom is -0.481 e. The SMILES string of the molecule is CN(CCC(=O)O)C(=O)NCc1ccccc1-n1ccnc1. The summed E-state index contributed by atoms with van der Waals surface area (Å²) in [5, 5.41) is 11.4. The molecule has 2 N–H and O–H groups in total. The second-order valence-electron chi connectivity index (χ2n) is 4.82. The van der Waals surface area contributed by atoms with E-state index in [4.69, 9.17) is 5.11 Å². The third kappa shape index (κ3) is 4.08. The van der Waals surface area contributed by atoms with Gasteiger partial charge in [-0.3, -0.25) is 4.79 Å². The van der Waals surface area contributed by atoms with Crippen molar-refractivity contribution in [1.82, 2.24) is 19.8 Å². The van der Waals surface area contributed by atoms with Crippen LogP contribution in [0.4, 0.5) is 4.79 Å². The third-order valence-electron chi connectivity index (χ3n) is 3.21. The lowest BCUT2D eigenvalue weighted by molar-refractivity contribution is -0.137. The van der Waals surface area contributed by atoms with E-state index in [0.717, 1.165) is 11.3 Å². The van der Waals surface area contributed by atoms with E-state index < -0.39 is 5.97 Å².